The predicted molar refractivity (Wildman–Crippen MR) is 64.4 cm³/mol. The molecule has 0 spiro atoms. The molecule has 17 heavy (non-hydrogen) atoms. The molecule has 0 aliphatic carbocycles. The number of hydrogen-bond donors (Lipinski definition) is 3. The van der Waals surface area contributed by atoms with E-state index in [2.05, 4.69) is 10.0 Å². The van der Waals surface area contributed by atoms with Gasteiger partial charge in [-0.1, -0.05) is 6.92 Å². The first-order valence-corrected chi connectivity index (χ1v) is 7.17. The lowest BCUT2D eigenvalue weighted by atomic mass is 10.1. The number of carbonyl (C=O) groups excluding carboxylic acids is 1. The van der Waals surface area contributed by atoms with E-state index in [1.807, 2.05) is 0 Å². The number of piperidine rings is 1. The summed E-state index contributed by atoms with van der Waals surface area (Å²) in [5.41, 5.74) is 5.10. The molecule has 0 saturated carbocycles. The Morgan fingerprint density at radius 3 is 2.76 bits per heavy atom. The van der Waals surface area contributed by atoms with Crippen molar-refractivity contribution in [3.05, 3.63) is 0 Å². The fourth-order valence-electron chi connectivity index (χ4n) is 1.91. The van der Waals surface area contributed by atoms with Gasteiger partial charge in [0.2, 0.25) is 5.91 Å². The van der Waals surface area contributed by atoms with Crippen molar-refractivity contribution in [3.8, 4) is 0 Å². The molecule has 0 aromatic carbocycles. The van der Waals surface area contributed by atoms with E-state index in [4.69, 9.17) is 5.73 Å². The van der Waals surface area contributed by atoms with Crippen molar-refractivity contribution in [1.82, 2.24) is 14.3 Å². The van der Waals surface area contributed by atoms with E-state index in [0.717, 1.165) is 23.7 Å². The fourth-order valence-corrected chi connectivity index (χ4v) is 3.31. The number of rotatable bonds is 6. The first kappa shape index (κ1) is 14.4. The Morgan fingerprint density at radius 1 is 1.59 bits per heavy atom. The average Bonchev–Trinajstić information content (AvgIpc) is 2.26. The van der Waals surface area contributed by atoms with Crippen LogP contribution in [0.3, 0.4) is 0 Å². The lowest BCUT2D eigenvalue weighted by molar-refractivity contribution is -0.118. The number of nitrogens with one attached hydrogen (secondary N) is 2. The molecule has 8 heteroatoms. The Hall–Kier alpha value is -0.700. The number of amides is 1. The molecule has 7 nitrogen and oxygen atoms in total. The molecule has 0 aromatic heterocycles. The highest BCUT2D eigenvalue weighted by Gasteiger charge is 2.31. The molecule has 1 atom stereocenters. The van der Waals surface area contributed by atoms with Crippen molar-refractivity contribution >= 4 is 16.1 Å². The Balaban J connectivity index is 2.81. The van der Waals surface area contributed by atoms with E-state index in [1.165, 1.54) is 0 Å². The summed E-state index contributed by atoms with van der Waals surface area (Å²) >= 11 is 0. The van der Waals surface area contributed by atoms with E-state index in [1.54, 1.807) is 6.92 Å². The highest BCUT2D eigenvalue weighted by atomic mass is 32.2. The first-order valence-electron chi connectivity index (χ1n) is 5.73. The van der Waals surface area contributed by atoms with Crippen molar-refractivity contribution in [1.29, 1.82) is 0 Å². The van der Waals surface area contributed by atoms with E-state index >= 15 is 0 Å². The Morgan fingerprint density at radius 2 is 2.29 bits per heavy atom. The molecule has 4 N–H and O–H groups in total. The van der Waals surface area contributed by atoms with Gasteiger partial charge in [0, 0.05) is 19.1 Å². The third kappa shape index (κ3) is 4.23. The van der Waals surface area contributed by atoms with Crippen LogP contribution in [0.15, 0.2) is 0 Å². The zero-order chi connectivity index (χ0) is 12.9. The van der Waals surface area contributed by atoms with Gasteiger partial charge in [0.25, 0.3) is 10.2 Å². The van der Waals surface area contributed by atoms with E-state index < -0.39 is 16.1 Å². The van der Waals surface area contributed by atoms with Gasteiger partial charge in [0.15, 0.2) is 0 Å². The Kier molecular flexibility index (Phi) is 5.31. The fraction of sp³-hybridized carbons (Fsp3) is 0.889. The van der Waals surface area contributed by atoms with Gasteiger partial charge in [-0.3, -0.25) is 4.79 Å². The smallest absolute Gasteiger partial charge is 0.280 e. The molecule has 1 aliphatic rings. The minimum absolute atomic E-state index is 0.208. The van der Waals surface area contributed by atoms with Gasteiger partial charge in [-0.25, -0.2) is 4.72 Å². The summed E-state index contributed by atoms with van der Waals surface area (Å²) in [6.45, 7) is 3.14. The normalized spacial score (nSPS) is 21.6. The largest absolute Gasteiger partial charge is 0.369 e. The van der Waals surface area contributed by atoms with Crippen LogP contribution in [0.25, 0.3) is 0 Å². The van der Waals surface area contributed by atoms with Crippen LogP contribution in [-0.4, -0.2) is 50.9 Å². The van der Waals surface area contributed by atoms with Gasteiger partial charge < -0.3 is 11.1 Å². The SMILES string of the molecule is CCNS(=O)(=O)N(CC(N)=O)C1CCCNC1. The minimum atomic E-state index is -3.62. The predicted octanol–water partition coefficient (Wildman–Crippen LogP) is -1.62. The number of nitrogens with two attached hydrogens (primary N) is 1. The van der Waals surface area contributed by atoms with Crippen LogP contribution in [0.4, 0.5) is 0 Å². The van der Waals surface area contributed by atoms with Crippen LogP contribution in [0.2, 0.25) is 0 Å². The average molecular weight is 264 g/mol. The summed E-state index contributed by atoms with van der Waals surface area (Å²) in [4.78, 5) is 11.0. The molecule has 0 bridgehead atoms. The number of nitrogens with zero attached hydrogens (tertiary/aromatic N) is 1. The second-order valence-electron chi connectivity index (χ2n) is 4.01. The third-order valence-corrected chi connectivity index (χ3v) is 4.32. The maximum absolute atomic E-state index is 11.9. The summed E-state index contributed by atoms with van der Waals surface area (Å²) in [5.74, 6) is -0.642. The maximum atomic E-state index is 11.9. The summed E-state index contributed by atoms with van der Waals surface area (Å²) in [6.07, 6.45) is 1.63. The van der Waals surface area contributed by atoms with Crippen LogP contribution < -0.4 is 15.8 Å². The van der Waals surface area contributed by atoms with Crippen molar-refractivity contribution in [2.45, 2.75) is 25.8 Å². The molecule has 1 fully saturated rings. The molecule has 1 unspecified atom stereocenters. The van der Waals surface area contributed by atoms with Gasteiger partial charge >= 0.3 is 0 Å². The summed E-state index contributed by atoms with van der Waals surface area (Å²) < 4.78 is 27.4. The maximum Gasteiger partial charge on any atom is 0.280 e. The molecule has 1 aliphatic heterocycles. The molecule has 1 heterocycles. The molecular formula is C9H20N4O3S. The zero-order valence-corrected chi connectivity index (χ0v) is 10.8. The Bertz CT molecular complexity index is 351. The lowest BCUT2D eigenvalue weighted by Crippen LogP contribution is -2.54. The minimum Gasteiger partial charge on any atom is -0.369 e. The van der Waals surface area contributed by atoms with Gasteiger partial charge in [0.05, 0.1) is 6.54 Å². The van der Waals surface area contributed by atoms with Crippen LogP contribution >= 0.6 is 0 Å². The molecular weight excluding hydrogens is 244 g/mol. The van der Waals surface area contributed by atoms with Gasteiger partial charge in [-0.05, 0) is 19.4 Å². The third-order valence-electron chi connectivity index (χ3n) is 2.63. The van der Waals surface area contributed by atoms with Gasteiger partial charge in [0.1, 0.15) is 0 Å². The van der Waals surface area contributed by atoms with E-state index in [-0.39, 0.29) is 19.1 Å². The second-order valence-corrected chi connectivity index (χ2v) is 5.72. The highest BCUT2D eigenvalue weighted by Crippen LogP contribution is 2.13. The van der Waals surface area contributed by atoms with Crippen molar-refractivity contribution < 1.29 is 13.2 Å². The van der Waals surface area contributed by atoms with Crippen molar-refractivity contribution in [2.75, 3.05) is 26.2 Å². The van der Waals surface area contributed by atoms with E-state index in [9.17, 15) is 13.2 Å². The van der Waals surface area contributed by atoms with Gasteiger partial charge in [-0.15, -0.1) is 0 Å². The highest BCUT2D eigenvalue weighted by molar-refractivity contribution is 7.87. The topological polar surface area (TPSA) is 105 Å². The molecule has 1 saturated heterocycles. The van der Waals surface area contributed by atoms with Crippen LogP contribution in [0.1, 0.15) is 19.8 Å². The number of hydrogen-bond acceptors (Lipinski definition) is 4. The first-order chi connectivity index (χ1) is 7.97. The summed E-state index contributed by atoms with van der Waals surface area (Å²) in [7, 11) is -3.62. The molecule has 1 amide bonds. The second kappa shape index (κ2) is 6.29. The zero-order valence-electron chi connectivity index (χ0n) is 9.98. The lowest BCUT2D eigenvalue weighted by Gasteiger charge is -2.32. The Labute approximate surface area is 102 Å². The quantitative estimate of drug-likeness (QED) is 0.536. The van der Waals surface area contributed by atoms with E-state index in [0.29, 0.717) is 6.54 Å². The van der Waals surface area contributed by atoms with Crippen LogP contribution in [0, 0.1) is 0 Å². The van der Waals surface area contributed by atoms with Gasteiger partial charge in [-0.2, -0.15) is 12.7 Å². The molecule has 100 valence electrons. The standard InChI is InChI=1S/C9H20N4O3S/c1-2-12-17(15,16)13(7-9(10)14)8-4-3-5-11-6-8/h8,11-12H,2-7H2,1H3,(H2,10,14). The molecule has 0 radical (unpaired) electrons. The van der Waals surface area contributed by atoms with Crippen LogP contribution in [0.5, 0.6) is 0 Å². The number of carbonyl (C=O) groups is 1. The monoisotopic (exact) mass is 264 g/mol. The molecule has 1 rings (SSSR count). The molecule has 0 aromatic rings. The number of primary amides is 1. The summed E-state index contributed by atoms with van der Waals surface area (Å²) in [5, 5.41) is 3.12. The van der Waals surface area contributed by atoms with Crippen LogP contribution in [-0.2, 0) is 15.0 Å². The van der Waals surface area contributed by atoms with Crippen molar-refractivity contribution in [3.63, 3.8) is 0 Å². The van der Waals surface area contributed by atoms with Crippen molar-refractivity contribution in [2.24, 2.45) is 5.73 Å². The summed E-state index contributed by atoms with van der Waals surface area (Å²) in [6, 6.07) is -0.208.